The highest BCUT2D eigenvalue weighted by atomic mass is 19.1. The summed E-state index contributed by atoms with van der Waals surface area (Å²) in [4.78, 5) is 11.0. The van der Waals surface area contributed by atoms with Gasteiger partial charge in [0.15, 0.2) is 0 Å². The van der Waals surface area contributed by atoms with Crippen molar-refractivity contribution in [3.05, 3.63) is 35.8 Å². The monoisotopic (exact) mass is 250 g/mol. The Hall–Kier alpha value is -1.88. The van der Waals surface area contributed by atoms with Gasteiger partial charge in [-0.3, -0.25) is 4.79 Å². The van der Waals surface area contributed by atoms with Crippen LogP contribution in [-0.4, -0.2) is 15.6 Å². The molecule has 1 unspecified atom stereocenters. The van der Waals surface area contributed by atoms with Crippen LogP contribution in [0.2, 0.25) is 0 Å². The quantitative estimate of drug-likeness (QED) is 0.879. The van der Waals surface area contributed by atoms with Crippen LogP contribution in [0, 0.1) is 5.82 Å². The number of para-hydroxylation sites is 1. The number of rotatable bonds is 3. The van der Waals surface area contributed by atoms with E-state index in [1.807, 2.05) is 13.8 Å². The van der Waals surface area contributed by atoms with E-state index in [0.29, 0.717) is 16.6 Å². The Morgan fingerprint density at radius 3 is 2.67 bits per heavy atom. The molecule has 1 aromatic carbocycles. The van der Waals surface area contributed by atoms with E-state index in [1.165, 1.54) is 6.07 Å². The van der Waals surface area contributed by atoms with Crippen LogP contribution in [0.3, 0.4) is 0 Å². The molecule has 96 valence electrons. The highest BCUT2D eigenvalue weighted by Crippen LogP contribution is 2.29. The van der Waals surface area contributed by atoms with Crippen LogP contribution in [0.1, 0.15) is 31.6 Å². The summed E-state index contributed by atoms with van der Waals surface area (Å²) in [6.07, 6.45) is 0. The third kappa shape index (κ3) is 1.86. The van der Waals surface area contributed by atoms with Crippen LogP contribution < -0.4 is 5.73 Å². The maximum Gasteiger partial charge on any atom is 0.326 e. The number of hydrogen-bond acceptors (Lipinski definition) is 2. The average Bonchev–Trinajstić information content (AvgIpc) is 2.68. The first-order chi connectivity index (χ1) is 8.43. The molecule has 0 bridgehead atoms. The molecule has 0 fully saturated rings. The predicted octanol–water partition coefficient (Wildman–Crippen LogP) is 2.45. The molecule has 5 heteroatoms. The van der Waals surface area contributed by atoms with Gasteiger partial charge in [0.2, 0.25) is 0 Å². The zero-order chi connectivity index (χ0) is 13.4. The van der Waals surface area contributed by atoms with Gasteiger partial charge in [-0.05, 0) is 26.0 Å². The number of nitrogens with two attached hydrogens (primary N) is 1. The molecule has 1 heterocycles. The summed E-state index contributed by atoms with van der Waals surface area (Å²) in [5.74, 6) is -1.50. The second kappa shape index (κ2) is 4.42. The highest BCUT2D eigenvalue weighted by Gasteiger charge is 2.23. The van der Waals surface area contributed by atoms with Crippen LogP contribution >= 0.6 is 0 Å². The second-order valence-electron chi connectivity index (χ2n) is 4.53. The van der Waals surface area contributed by atoms with Crippen LogP contribution in [0.25, 0.3) is 10.9 Å². The SMILES string of the molecule is CC(C)n1c(C(N)C(=O)O)cc2cccc(F)c21. The Balaban J connectivity index is 2.78. The van der Waals surface area contributed by atoms with Crippen molar-refractivity contribution in [2.24, 2.45) is 5.73 Å². The van der Waals surface area contributed by atoms with Crippen molar-refractivity contribution in [2.45, 2.75) is 25.9 Å². The lowest BCUT2D eigenvalue weighted by molar-refractivity contribution is -0.138. The molecule has 1 aromatic heterocycles. The number of aliphatic carboxylic acids is 1. The number of aromatic nitrogens is 1. The van der Waals surface area contributed by atoms with E-state index in [4.69, 9.17) is 10.8 Å². The fraction of sp³-hybridized carbons (Fsp3) is 0.308. The van der Waals surface area contributed by atoms with E-state index in [2.05, 4.69) is 0 Å². The van der Waals surface area contributed by atoms with Crippen LogP contribution in [0.15, 0.2) is 24.3 Å². The summed E-state index contributed by atoms with van der Waals surface area (Å²) in [6, 6.07) is 5.11. The number of carboxylic acids is 1. The fourth-order valence-corrected chi connectivity index (χ4v) is 2.18. The van der Waals surface area contributed by atoms with Crippen molar-refractivity contribution in [2.75, 3.05) is 0 Å². The molecule has 0 saturated heterocycles. The molecule has 2 rings (SSSR count). The van der Waals surface area contributed by atoms with E-state index in [9.17, 15) is 9.18 Å². The third-order valence-corrected chi connectivity index (χ3v) is 2.94. The molecule has 3 N–H and O–H groups in total. The van der Waals surface area contributed by atoms with Gasteiger partial charge in [-0.25, -0.2) is 4.39 Å². The fourth-order valence-electron chi connectivity index (χ4n) is 2.18. The first kappa shape index (κ1) is 12.6. The molecule has 0 aliphatic carbocycles. The predicted molar refractivity (Wildman–Crippen MR) is 66.8 cm³/mol. The van der Waals surface area contributed by atoms with E-state index in [-0.39, 0.29) is 11.9 Å². The number of hydrogen-bond donors (Lipinski definition) is 2. The lowest BCUT2D eigenvalue weighted by atomic mass is 10.2. The topological polar surface area (TPSA) is 68.2 Å². The zero-order valence-electron chi connectivity index (χ0n) is 10.2. The smallest absolute Gasteiger partial charge is 0.326 e. The van der Waals surface area contributed by atoms with Gasteiger partial charge in [0, 0.05) is 17.1 Å². The molecular formula is C13H15FN2O2. The summed E-state index contributed by atoms with van der Waals surface area (Å²) in [6.45, 7) is 3.73. The van der Waals surface area contributed by atoms with Gasteiger partial charge >= 0.3 is 5.97 Å². The molecule has 2 aromatic rings. The Labute approximate surface area is 104 Å². The molecular weight excluding hydrogens is 235 g/mol. The van der Waals surface area contributed by atoms with Gasteiger partial charge < -0.3 is 15.4 Å². The van der Waals surface area contributed by atoms with Crippen LogP contribution in [0.5, 0.6) is 0 Å². The van der Waals surface area contributed by atoms with E-state index >= 15 is 0 Å². The summed E-state index contributed by atoms with van der Waals surface area (Å²) in [7, 11) is 0. The minimum absolute atomic E-state index is 0.0696. The number of benzene rings is 1. The van der Waals surface area contributed by atoms with E-state index in [1.54, 1.807) is 22.8 Å². The lowest BCUT2D eigenvalue weighted by Crippen LogP contribution is -2.24. The summed E-state index contributed by atoms with van der Waals surface area (Å²) >= 11 is 0. The molecule has 4 nitrogen and oxygen atoms in total. The van der Waals surface area contributed by atoms with Crippen LogP contribution in [-0.2, 0) is 4.79 Å². The molecule has 0 aliphatic rings. The van der Waals surface area contributed by atoms with Crippen molar-refractivity contribution < 1.29 is 14.3 Å². The van der Waals surface area contributed by atoms with Gasteiger partial charge in [0.1, 0.15) is 11.9 Å². The van der Waals surface area contributed by atoms with Gasteiger partial charge in [-0.1, -0.05) is 12.1 Å². The van der Waals surface area contributed by atoms with Gasteiger partial charge in [0.25, 0.3) is 0 Å². The number of nitrogens with zero attached hydrogens (tertiary/aromatic N) is 1. The normalized spacial score (nSPS) is 13.2. The number of carbonyl (C=O) groups is 1. The Morgan fingerprint density at radius 1 is 1.44 bits per heavy atom. The van der Waals surface area contributed by atoms with Crippen molar-refractivity contribution in [1.82, 2.24) is 4.57 Å². The zero-order valence-corrected chi connectivity index (χ0v) is 10.2. The number of fused-ring (bicyclic) bond motifs is 1. The van der Waals surface area contributed by atoms with Gasteiger partial charge in [-0.15, -0.1) is 0 Å². The highest BCUT2D eigenvalue weighted by molar-refractivity contribution is 5.85. The van der Waals surface area contributed by atoms with Gasteiger partial charge in [-0.2, -0.15) is 0 Å². The largest absolute Gasteiger partial charge is 0.480 e. The molecule has 0 radical (unpaired) electrons. The maximum absolute atomic E-state index is 13.9. The third-order valence-electron chi connectivity index (χ3n) is 2.94. The maximum atomic E-state index is 13.9. The van der Waals surface area contributed by atoms with Crippen molar-refractivity contribution >= 4 is 16.9 Å². The second-order valence-corrected chi connectivity index (χ2v) is 4.53. The Kier molecular flexibility index (Phi) is 3.09. The average molecular weight is 250 g/mol. The number of carboxylic acid groups (broad SMARTS) is 1. The van der Waals surface area contributed by atoms with E-state index in [0.717, 1.165) is 0 Å². The Morgan fingerprint density at radius 2 is 2.11 bits per heavy atom. The summed E-state index contributed by atoms with van der Waals surface area (Å²) in [5.41, 5.74) is 6.46. The minimum Gasteiger partial charge on any atom is -0.480 e. The molecule has 1 atom stereocenters. The summed E-state index contributed by atoms with van der Waals surface area (Å²) < 4.78 is 15.5. The van der Waals surface area contributed by atoms with Crippen molar-refractivity contribution in [1.29, 1.82) is 0 Å². The molecule has 18 heavy (non-hydrogen) atoms. The minimum atomic E-state index is -1.15. The molecule has 0 aliphatic heterocycles. The molecule has 0 spiro atoms. The van der Waals surface area contributed by atoms with Gasteiger partial charge in [0.05, 0.1) is 5.52 Å². The van der Waals surface area contributed by atoms with Crippen molar-refractivity contribution in [3.63, 3.8) is 0 Å². The van der Waals surface area contributed by atoms with E-state index < -0.39 is 12.0 Å². The summed E-state index contributed by atoms with van der Waals surface area (Å²) in [5, 5.41) is 9.67. The molecule has 0 saturated carbocycles. The standard InChI is InChI=1S/C13H15FN2O2/c1-7(2)16-10(11(15)13(17)18)6-8-4-3-5-9(14)12(8)16/h3-7,11H,15H2,1-2H3,(H,17,18). The van der Waals surface area contributed by atoms with Crippen molar-refractivity contribution in [3.8, 4) is 0 Å². The first-order valence-electron chi connectivity index (χ1n) is 5.71. The molecule has 0 amide bonds. The first-order valence-corrected chi connectivity index (χ1v) is 5.71. The number of halogens is 1. The lowest BCUT2D eigenvalue weighted by Gasteiger charge is -2.17. The Bertz CT molecular complexity index is 604. The van der Waals surface area contributed by atoms with Crippen LogP contribution in [0.4, 0.5) is 4.39 Å².